The molecule has 1 heterocycles. The summed E-state index contributed by atoms with van der Waals surface area (Å²) in [5.41, 5.74) is 0.620. The van der Waals surface area contributed by atoms with Gasteiger partial charge in [-0.25, -0.2) is 4.39 Å². The lowest BCUT2D eigenvalue weighted by atomic mass is 10.3. The van der Waals surface area contributed by atoms with E-state index in [9.17, 15) is 14.3 Å². The van der Waals surface area contributed by atoms with Gasteiger partial charge in [-0.2, -0.15) is 0 Å². The number of aliphatic hydroxyl groups is 1. The molecular formula is C14H17ClFNO2S. The summed E-state index contributed by atoms with van der Waals surface area (Å²) < 4.78 is 13.2. The second kappa shape index (κ2) is 6.33. The fraction of sp³-hybridized carbons (Fsp3) is 0.500. The van der Waals surface area contributed by atoms with Gasteiger partial charge in [-0.05, 0) is 31.5 Å². The van der Waals surface area contributed by atoms with Crippen LogP contribution >= 0.6 is 23.4 Å². The van der Waals surface area contributed by atoms with Gasteiger partial charge in [0.2, 0.25) is 5.91 Å². The Bertz CT molecular complexity index is 512. The van der Waals surface area contributed by atoms with Crippen LogP contribution in [0.3, 0.4) is 0 Å². The molecule has 0 aromatic heterocycles. The van der Waals surface area contributed by atoms with E-state index in [0.717, 1.165) is 6.42 Å². The summed E-state index contributed by atoms with van der Waals surface area (Å²) in [6, 6.07) is 4.30. The number of hydrogen-bond donors (Lipinski definition) is 1. The number of hydrogen-bond acceptors (Lipinski definition) is 3. The molecule has 0 unspecified atom stereocenters. The third kappa shape index (κ3) is 3.27. The molecule has 0 radical (unpaired) electrons. The van der Waals surface area contributed by atoms with Crippen LogP contribution in [0.15, 0.2) is 18.2 Å². The van der Waals surface area contributed by atoms with Gasteiger partial charge in [0.05, 0.1) is 16.4 Å². The maximum absolute atomic E-state index is 13.2. The summed E-state index contributed by atoms with van der Waals surface area (Å²) in [5, 5.41) is 9.37. The topological polar surface area (TPSA) is 40.5 Å². The largest absolute Gasteiger partial charge is 0.392 e. The SMILES string of the molecule is C[C@H](O)[C@H](C)S[C@H]1CCN(c2ccc(F)c(Cl)c2)C1=O. The zero-order valence-electron chi connectivity index (χ0n) is 11.3. The minimum absolute atomic E-state index is 0.000653. The van der Waals surface area contributed by atoms with E-state index in [4.69, 9.17) is 11.6 Å². The van der Waals surface area contributed by atoms with Crippen LogP contribution in [0.2, 0.25) is 5.02 Å². The van der Waals surface area contributed by atoms with Crippen LogP contribution in [-0.4, -0.2) is 34.2 Å². The van der Waals surface area contributed by atoms with E-state index in [2.05, 4.69) is 0 Å². The van der Waals surface area contributed by atoms with Gasteiger partial charge in [-0.3, -0.25) is 4.79 Å². The Hall–Kier alpha value is -0.780. The number of aliphatic hydroxyl groups excluding tert-OH is 1. The number of carbonyl (C=O) groups excluding carboxylic acids is 1. The molecule has 1 fully saturated rings. The average Bonchev–Trinajstić information content (AvgIpc) is 2.74. The molecule has 110 valence electrons. The predicted molar refractivity (Wildman–Crippen MR) is 80.9 cm³/mol. The van der Waals surface area contributed by atoms with Crippen LogP contribution in [0.1, 0.15) is 20.3 Å². The summed E-state index contributed by atoms with van der Waals surface area (Å²) in [6.45, 7) is 4.21. The highest BCUT2D eigenvalue weighted by Crippen LogP contribution is 2.33. The second-order valence-corrected chi connectivity index (χ2v) is 6.94. The summed E-state index contributed by atoms with van der Waals surface area (Å²) in [5.74, 6) is -0.499. The molecule has 0 spiro atoms. The third-order valence-electron chi connectivity index (χ3n) is 3.43. The molecule has 1 N–H and O–H groups in total. The monoisotopic (exact) mass is 317 g/mol. The molecule has 2 rings (SSSR count). The normalized spacial score (nSPS) is 22.1. The maximum atomic E-state index is 13.2. The third-order valence-corrected chi connectivity index (χ3v) is 5.31. The molecule has 3 atom stereocenters. The molecule has 3 nitrogen and oxygen atoms in total. The average molecular weight is 318 g/mol. The molecule has 1 aliphatic rings. The van der Waals surface area contributed by atoms with Crippen molar-refractivity contribution in [1.82, 2.24) is 0 Å². The van der Waals surface area contributed by atoms with Crippen molar-refractivity contribution in [3.05, 3.63) is 29.0 Å². The van der Waals surface area contributed by atoms with Gasteiger partial charge in [-0.15, -0.1) is 11.8 Å². The summed E-state index contributed by atoms with van der Waals surface area (Å²) in [4.78, 5) is 14.0. The van der Waals surface area contributed by atoms with E-state index in [-0.39, 0.29) is 21.4 Å². The Morgan fingerprint density at radius 2 is 2.20 bits per heavy atom. The number of carbonyl (C=O) groups is 1. The van der Waals surface area contributed by atoms with Gasteiger partial charge < -0.3 is 10.0 Å². The molecule has 0 aliphatic carbocycles. The Balaban J connectivity index is 2.09. The molecule has 0 saturated carbocycles. The fourth-order valence-electron chi connectivity index (χ4n) is 2.06. The van der Waals surface area contributed by atoms with Crippen molar-refractivity contribution in [3.8, 4) is 0 Å². The van der Waals surface area contributed by atoms with Crippen molar-refractivity contribution in [3.63, 3.8) is 0 Å². The lowest BCUT2D eigenvalue weighted by Crippen LogP contribution is -2.30. The van der Waals surface area contributed by atoms with Crippen molar-refractivity contribution in [2.45, 2.75) is 36.9 Å². The molecule has 6 heteroatoms. The van der Waals surface area contributed by atoms with Crippen molar-refractivity contribution in [2.75, 3.05) is 11.4 Å². The Kier molecular flexibility index (Phi) is 4.94. The lowest BCUT2D eigenvalue weighted by molar-refractivity contribution is -0.116. The van der Waals surface area contributed by atoms with Gasteiger partial charge in [0.25, 0.3) is 0 Å². The highest BCUT2D eigenvalue weighted by molar-refractivity contribution is 8.01. The first kappa shape index (κ1) is 15.6. The minimum atomic E-state index is -0.490. The van der Waals surface area contributed by atoms with E-state index in [1.54, 1.807) is 17.9 Å². The molecule has 1 amide bonds. The number of rotatable bonds is 4. The molecule has 1 aliphatic heterocycles. The number of thioether (sulfide) groups is 1. The van der Waals surface area contributed by atoms with Crippen molar-refractivity contribution in [1.29, 1.82) is 0 Å². The summed E-state index contributed by atoms with van der Waals surface area (Å²) in [6.07, 6.45) is 0.261. The van der Waals surface area contributed by atoms with Crippen LogP contribution in [0, 0.1) is 5.82 Å². The number of anilines is 1. The quantitative estimate of drug-likeness (QED) is 0.927. The van der Waals surface area contributed by atoms with Crippen molar-refractivity contribution < 1.29 is 14.3 Å². The van der Waals surface area contributed by atoms with E-state index >= 15 is 0 Å². The van der Waals surface area contributed by atoms with Gasteiger partial charge in [-0.1, -0.05) is 18.5 Å². The number of nitrogens with zero attached hydrogens (tertiary/aromatic N) is 1. The maximum Gasteiger partial charge on any atom is 0.240 e. The van der Waals surface area contributed by atoms with Crippen LogP contribution in [0.5, 0.6) is 0 Å². The van der Waals surface area contributed by atoms with E-state index < -0.39 is 11.9 Å². The number of amides is 1. The first-order valence-corrected chi connectivity index (χ1v) is 7.82. The lowest BCUT2D eigenvalue weighted by Gasteiger charge is -2.20. The van der Waals surface area contributed by atoms with E-state index in [0.29, 0.717) is 12.2 Å². The van der Waals surface area contributed by atoms with Gasteiger partial charge in [0.1, 0.15) is 5.82 Å². The van der Waals surface area contributed by atoms with Crippen LogP contribution in [0.25, 0.3) is 0 Å². The molecule has 1 aromatic rings. The van der Waals surface area contributed by atoms with Crippen LogP contribution in [0.4, 0.5) is 10.1 Å². The smallest absolute Gasteiger partial charge is 0.240 e. The minimum Gasteiger partial charge on any atom is -0.392 e. The first-order valence-electron chi connectivity index (χ1n) is 6.50. The van der Waals surface area contributed by atoms with E-state index in [1.807, 2.05) is 6.92 Å². The predicted octanol–water partition coefficient (Wildman–Crippen LogP) is 3.09. The molecule has 1 saturated heterocycles. The van der Waals surface area contributed by atoms with Crippen molar-refractivity contribution in [2.24, 2.45) is 0 Å². The summed E-state index contributed by atoms with van der Waals surface area (Å²) in [7, 11) is 0. The Labute approximate surface area is 127 Å². The number of benzene rings is 1. The van der Waals surface area contributed by atoms with Crippen molar-refractivity contribution >= 4 is 35.0 Å². The van der Waals surface area contributed by atoms with Gasteiger partial charge >= 0.3 is 0 Å². The van der Waals surface area contributed by atoms with E-state index in [1.165, 1.54) is 23.9 Å². The number of halogens is 2. The second-order valence-electron chi connectivity index (χ2n) is 4.95. The molecule has 20 heavy (non-hydrogen) atoms. The van der Waals surface area contributed by atoms with Crippen LogP contribution in [-0.2, 0) is 4.79 Å². The molecule has 1 aromatic carbocycles. The van der Waals surface area contributed by atoms with Gasteiger partial charge in [0, 0.05) is 17.5 Å². The molecular weight excluding hydrogens is 301 g/mol. The first-order chi connectivity index (χ1) is 9.40. The standard InChI is InChI=1S/C14H17ClFNO2S/c1-8(18)9(2)20-13-5-6-17(14(13)19)10-3-4-12(16)11(15)7-10/h3-4,7-9,13,18H,5-6H2,1-2H3/t8-,9-,13-/m0/s1. The highest BCUT2D eigenvalue weighted by Gasteiger charge is 2.34. The summed E-state index contributed by atoms with van der Waals surface area (Å²) >= 11 is 7.23. The van der Waals surface area contributed by atoms with Crippen LogP contribution < -0.4 is 4.90 Å². The Morgan fingerprint density at radius 3 is 2.80 bits per heavy atom. The zero-order chi connectivity index (χ0) is 14.9. The fourth-order valence-corrected chi connectivity index (χ4v) is 3.47. The van der Waals surface area contributed by atoms with Gasteiger partial charge in [0.15, 0.2) is 0 Å². The zero-order valence-corrected chi connectivity index (χ0v) is 12.9. The molecule has 0 bridgehead atoms. The Morgan fingerprint density at radius 1 is 1.50 bits per heavy atom. The highest BCUT2D eigenvalue weighted by atomic mass is 35.5.